The topological polar surface area (TPSA) is 105 Å². The first-order valence-corrected chi connectivity index (χ1v) is 9.59. The van der Waals surface area contributed by atoms with Crippen LogP contribution >= 0.6 is 0 Å². The number of amides is 1. The average Bonchev–Trinajstić information content (AvgIpc) is 3.59. The molecule has 1 amide bonds. The number of aromatic nitrogens is 2. The Labute approximate surface area is 176 Å². The predicted octanol–water partition coefficient (Wildman–Crippen LogP) is 3.16. The van der Waals surface area contributed by atoms with Crippen LogP contribution in [-0.4, -0.2) is 57.8 Å². The lowest BCUT2D eigenvalue weighted by molar-refractivity contribution is -0.192. The number of carbonyl (C=O) groups excluding carboxylic acids is 1. The number of carbonyl (C=O) groups is 2. The Kier molecular flexibility index (Phi) is 7.06. The summed E-state index contributed by atoms with van der Waals surface area (Å²) < 4.78 is 37.3. The summed E-state index contributed by atoms with van der Waals surface area (Å²) in [5.41, 5.74) is 0.966. The molecule has 2 heterocycles. The van der Waals surface area contributed by atoms with Crippen LogP contribution in [-0.2, 0) is 14.3 Å². The number of alkyl halides is 3. The number of rotatable bonds is 4. The van der Waals surface area contributed by atoms with Crippen molar-refractivity contribution in [3.05, 3.63) is 48.4 Å². The number of nitrogens with one attached hydrogen (secondary N) is 1. The first-order chi connectivity index (χ1) is 14.8. The Morgan fingerprint density at radius 3 is 2.45 bits per heavy atom. The molecule has 0 radical (unpaired) electrons. The van der Waals surface area contributed by atoms with E-state index in [1.807, 2.05) is 41.3 Å². The molecule has 2 aliphatic rings. The van der Waals surface area contributed by atoms with Crippen molar-refractivity contribution in [2.45, 2.75) is 25.1 Å². The second-order valence-electron chi connectivity index (χ2n) is 6.99. The fraction of sp³-hybridized carbons (Fsp3) is 0.400. The summed E-state index contributed by atoms with van der Waals surface area (Å²) in [6.07, 6.45) is -1.36. The number of aliphatic carboxylic acids is 1. The normalized spacial score (nSPS) is 18.5. The van der Waals surface area contributed by atoms with E-state index in [1.54, 1.807) is 6.20 Å². The van der Waals surface area contributed by atoms with Crippen molar-refractivity contribution in [2.24, 2.45) is 5.92 Å². The van der Waals surface area contributed by atoms with Gasteiger partial charge in [0.15, 0.2) is 5.82 Å². The van der Waals surface area contributed by atoms with Gasteiger partial charge in [0.2, 0.25) is 5.91 Å². The average molecular weight is 438 g/mol. The molecule has 0 bridgehead atoms. The molecule has 2 aromatic rings. The van der Waals surface area contributed by atoms with Gasteiger partial charge in [-0.1, -0.05) is 18.2 Å². The van der Waals surface area contributed by atoms with E-state index in [0.717, 1.165) is 24.3 Å². The fourth-order valence-corrected chi connectivity index (χ4v) is 2.92. The lowest BCUT2D eigenvalue weighted by Crippen LogP contribution is -2.44. The molecule has 1 aliphatic heterocycles. The van der Waals surface area contributed by atoms with Crippen molar-refractivity contribution in [1.29, 1.82) is 0 Å². The highest BCUT2D eigenvalue weighted by atomic mass is 19.4. The van der Waals surface area contributed by atoms with Gasteiger partial charge in [-0.2, -0.15) is 13.2 Å². The molecule has 1 aromatic carbocycles. The van der Waals surface area contributed by atoms with Crippen molar-refractivity contribution in [2.75, 3.05) is 25.1 Å². The van der Waals surface area contributed by atoms with Gasteiger partial charge in [0, 0.05) is 24.3 Å². The molecule has 1 unspecified atom stereocenters. The highest BCUT2D eigenvalue weighted by Crippen LogP contribution is 2.34. The molecule has 1 saturated heterocycles. The van der Waals surface area contributed by atoms with E-state index in [2.05, 4.69) is 15.3 Å². The summed E-state index contributed by atoms with van der Waals surface area (Å²) in [6, 6.07) is 11.5. The van der Waals surface area contributed by atoms with Gasteiger partial charge in [-0.05, 0) is 31.0 Å². The van der Waals surface area contributed by atoms with Crippen LogP contribution in [0.15, 0.2) is 42.6 Å². The summed E-state index contributed by atoms with van der Waals surface area (Å²) in [4.78, 5) is 32.3. The molecule has 1 saturated carbocycles. The van der Waals surface area contributed by atoms with Crippen LogP contribution < -0.4 is 5.32 Å². The van der Waals surface area contributed by atoms with Crippen LogP contribution in [0.1, 0.15) is 24.7 Å². The van der Waals surface area contributed by atoms with Crippen molar-refractivity contribution >= 4 is 23.4 Å². The quantitative estimate of drug-likeness (QED) is 0.756. The molecule has 1 aliphatic carbocycles. The van der Waals surface area contributed by atoms with Crippen molar-refractivity contribution in [3.8, 4) is 0 Å². The maximum Gasteiger partial charge on any atom is 0.490 e. The van der Waals surface area contributed by atoms with Crippen molar-refractivity contribution in [3.63, 3.8) is 0 Å². The third-order valence-electron chi connectivity index (χ3n) is 4.60. The van der Waals surface area contributed by atoms with Gasteiger partial charge in [-0.15, -0.1) is 0 Å². The number of benzene rings is 1. The summed E-state index contributed by atoms with van der Waals surface area (Å²) >= 11 is 0. The highest BCUT2D eigenvalue weighted by Gasteiger charge is 2.39. The van der Waals surface area contributed by atoms with Crippen LogP contribution in [0.2, 0.25) is 0 Å². The third kappa shape index (κ3) is 6.38. The van der Waals surface area contributed by atoms with Crippen LogP contribution in [0, 0.1) is 5.92 Å². The summed E-state index contributed by atoms with van der Waals surface area (Å²) in [7, 11) is 0. The van der Waals surface area contributed by atoms with Crippen LogP contribution in [0.5, 0.6) is 0 Å². The Morgan fingerprint density at radius 2 is 1.84 bits per heavy atom. The molecule has 2 N–H and O–H groups in total. The minimum atomic E-state index is -5.08. The Hall–Kier alpha value is -3.21. The number of carboxylic acids is 1. The van der Waals surface area contributed by atoms with Crippen molar-refractivity contribution in [1.82, 2.24) is 14.9 Å². The number of hydrogen-bond donors (Lipinski definition) is 2. The first kappa shape index (κ1) is 22.5. The van der Waals surface area contributed by atoms with E-state index < -0.39 is 12.1 Å². The smallest absolute Gasteiger partial charge is 0.475 e. The number of carboxylic acid groups (broad SMARTS) is 1. The Morgan fingerprint density at radius 1 is 1.16 bits per heavy atom. The molecule has 166 valence electrons. The summed E-state index contributed by atoms with van der Waals surface area (Å²) in [6.45, 7) is 1.64. The van der Waals surface area contributed by atoms with Gasteiger partial charge < -0.3 is 20.1 Å². The molecule has 0 spiro atoms. The molecule has 11 heteroatoms. The summed E-state index contributed by atoms with van der Waals surface area (Å²) in [5, 5.41) is 10.4. The molecule has 4 rings (SSSR count). The van der Waals surface area contributed by atoms with Crippen molar-refractivity contribution < 1.29 is 32.6 Å². The number of morpholine rings is 1. The molecular formula is C20H21F3N4O4. The second kappa shape index (κ2) is 9.73. The van der Waals surface area contributed by atoms with E-state index in [-0.39, 0.29) is 17.9 Å². The minimum Gasteiger partial charge on any atom is -0.475 e. The standard InChI is InChI=1S/C18H20N4O2.C2HF3O2/c23-18(13-6-7-13)22-10-11-24-12-15(22)17-19-9-8-16(21-17)20-14-4-2-1-3-5-14;3-2(4,5)1(6)7/h1-5,8-9,13,15H,6-7,10-12H2,(H,19,20,21);(H,6,7). The summed E-state index contributed by atoms with van der Waals surface area (Å²) in [5.74, 6) is -1.00. The van der Waals surface area contributed by atoms with E-state index in [4.69, 9.17) is 14.6 Å². The number of anilines is 2. The number of halogens is 3. The van der Waals surface area contributed by atoms with Crippen LogP contribution in [0.3, 0.4) is 0 Å². The van der Waals surface area contributed by atoms with E-state index in [9.17, 15) is 18.0 Å². The third-order valence-corrected chi connectivity index (χ3v) is 4.60. The zero-order valence-electron chi connectivity index (χ0n) is 16.4. The van der Waals surface area contributed by atoms with Gasteiger partial charge in [-0.25, -0.2) is 14.8 Å². The molecular weight excluding hydrogens is 417 g/mol. The van der Waals surface area contributed by atoms with Gasteiger partial charge in [0.25, 0.3) is 0 Å². The van der Waals surface area contributed by atoms with Gasteiger partial charge >= 0.3 is 12.1 Å². The maximum absolute atomic E-state index is 12.5. The van der Waals surface area contributed by atoms with E-state index in [1.165, 1.54) is 0 Å². The molecule has 1 atom stereocenters. The minimum absolute atomic E-state index is 0.191. The number of hydrogen-bond acceptors (Lipinski definition) is 6. The van der Waals surface area contributed by atoms with Crippen LogP contribution in [0.4, 0.5) is 24.7 Å². The van der Waals surface area contributed by atoms with Gasteiger partial charge in [0.05, 0.1) is 13.2 Å². The number of ether oxygens (including phenoxy) is 1. The maximum atomic E-state index is 12.5. The Balaban J connectivity index is 0.000000339. The molecule has 31 heavy (non-hydrogen) atoms. The molecule has 8 nitrogen and oxygen atoms in total. The number of nitrogens with zero attached hydrogens (tertiary/aromatic N) is 3. The number of para-hydroxylation sites is 1. The first-order valence-electron chi connectivity index (χ1n) is 9.59. The predicted molar refractivity (Wildman–Crippen MR) is 103 cm³/mol. The van der Waals surface area contributed by atoms with Gasteiger partial charge in [0.1, 0.15) is 11.9 Å². The molecule has 1 aromatic heterocycles. The van der Waals surface area contributed by atoms with Crippen LogP contribution in [0.25, 0.3) is 0 Å². The SMILES string of the molecule is O=C(C1CC1)N1CCOCC1c1nccc(Nc2ccccc2)n1.O=C(O)C(F)(F)F. The zero-order valence-corrected chi connectivity index (χ0v) is 16.4. The van der Waals surface area contributed by atoms with E-state index in [0.29, 0.717) is 25.6 Å². The largest absolute Gasteiger partial charge is 0.490 e. The lowest BCUT2D eigenvalue weighted by atomic mass is 10.2. The monoisotopic (exact) mass is 438 g/mol. The lowest BCUT2D eigenvalue weighted by Gasteiger charge is -2.34. The fourth-order valence-electron chi connectivity index (χ4n) is 2.92. The molecule has 2 fully saturated rings. The Bertz CT molecular complexity index is 907. The zero-order chi connectivity index (χ0) is 22.4. The van der Waals surface area contributed by atoms with Gasteiger partial charge in [-0.3, -0.25) is 4.79 Å². The second-order valence-corrected chi connectivity index (χ2v) is 6.99. The van der Waals surface area contributed by atoms with E-state index >= 15 is 0 Å². The highest BCUT2D eigenvalue weighted by molar-refractivity contribution is 5.81.